The van der Waals surface area contributed by atoms with Gasteiger partial charge in [-0.2, -0.15) is 0 Å². The molecule has 0 aromatic heterocycles. The molecule has 0 aliphatic heterocycles. The van der Waals surface area contributed by atoms with Crippen molar-refractivity contribution in [3.8, 4) is 0 Å². The predicted molar refractivity (Wildman–Crippen MR) is 17.9 cm³/mol. The average Bonchev–Trinajstić information content (AvgIpc) is 0.722. The highest BCUT2D eigenvalue weighted by molar-refractivity contribution is 7.88. The quantitative estimate of drug-likeness (QED) is 0.395. The van der Waals surface area contributed by atoms with Crippen LogP contribution in [0, 0.1) is 0 Å². The Morgan fingerprint density at radius 3 is 1.60 bits per heavy atom. The number of nitrogens with one attached hydrogen (secondary N) is 1. The lowest BCUT2D eigenvalue weighted by molar-refractivity contribution is 0.602. The van der Waals surface area contributed by atoms with Crippen LogP contribution in [0.25, 0.3) is 0 Å². The third-order valence-electron chi connectivity index (χ3n) is 0. The Morgan fingerprint density at radius 2 is 1.60 bits per heavy atom. The van der Waals surface area contributed by atoms with Gasteiger partial charge in [-0.3, -0.25) is 0 Å². The SMILES string of the molecule is CS([NH])(=O)=O. The zero-order chi connectivity index (χ0) is 4.50. The van der Waals surface area contributed by atoms with Crippen LogP contribution in [0.4, 0.5) is 0 Å². The summed E-state index contributed by atoms with van der Waals surface area (Å²) in [6.45, 7) is 0. The number of hydrogen-bond acceptors (Lipinski definition) is 2. The van der Waals surface area contributed by atoms with Crippen LogP contribution in [0.2, 0.25) is 0 Å². The molecule has 0 fully saturated rings. The normalized spacial score (nSPS) is 11.6. The molecule has 3 nitrogen and oxygen atoms in total. The van der Waals surface area contributed by atoms with E-state index in [1.165, 1.54) is 0 Å². The van der Waals surface area contributed by atoms with Gasteiger partial charge in [0.25, 0.3) is 0 Å². The van der Waals surface area contributed by atoms with Crippen LogP contribution in [0.5, 0.6) is 0 Å². The molecular formula is CH4NO2S. The zero-order valence-electron chi connectivity index (χ0n) is 2.72. The first-order chi connectivity index (χ1) is 2.00. The first-order valence-corrected chi connectivity index (χ1v) is 2.84. The second kappa shape index (κ2) is 0.948. The number of sulfonamides is 1. The molecule has 4 heteroatoms. The molecule has 1 radical (unpaired) electrons. The third-order valence-corrected chi connectivity index (χ3v) is 0. The van der Waals surface area contributed by atoms with E-state index in [-0.39, 0.29) is 0 Å². The van der Waals surface area contributed by atoms with Crippen molar-refractivity contribution in [3.05, 3.63) is 0 Å². The molecule has 0 aromatic carbocycles. The summed E-state index contributed by atoms with van der Waals surface area (Å²) in [5.74, 6) is 0. The lowest BCUT2D eigenvalue weighted by Gasteiger charge is -1.68. The molecule has 1 N–H and O–H groups in total. The molecule has 0 saturated heterocycles. The second-order valence-corrected chi connectivity index (χ2v) is 2.32. The van der Waals surface area contributed by atoms with Gasteiger partial charge in [-0.15, -0.1) is 5.14 Å². The fourth-order valence-electron chi connectivity index (χ4n) is 0. The summed E-state index contributed by atoms with van der Waals surface area (Å²) in [7, 11) is -3.42. The predicted octanol–water partition coefficient (Wildman–Crippen LogP) is -0.771. The third kappa shape index (κ3) is 1760. The Labute approximate surface area is 30.8 Å². The van der Waals surface area contributed by atoms with Crippen molar-refractivity contribution in [3.63, 3.8) is 0 Å². The van der Waals surface area contributed by atoms with E-state index in [1.807, 2.05) is 0 Å². The van der Waals surface area contributed by atoms with Crippen molar-refractivity contribution in [2.24, 2.45) is 0 Å². The zero-order valence-corrected chi connectivity index (χ0v) is 3.54. The summed E-state index contributed by atoms with van der Waals surface area (Å²) in [6.07, 6.45) is 0.826. The van der Waals surface area contributed by atoms with E-state index in [0.717, 1.165) is 6.26 Å². The summed E-state index contributed by atoms with van der Waals surface area (Å²) >= 11 is 0. The molecule has 0 aliphatic rings. The first-order valence-electron chi connectivity index (χ1n) is 0.946. The maximum Gasteiger partial charge on any atom is 0.222 e. The van der Waals surface area contributed by atoms with Gasteiger partial charge < -0.3 is 0 Å². The Kier molecular flexibility index (Phi) is 0.931. The van der Waals surface area contributed by atoms with E-state index in [0.29, 0.717) is 0 Å². The smallest absolute Gasteiger partial charge is 0.211 e. The minimum atomic E-state index is -3.42. The number of hydrogen-bond donors (Lipinski definition) is 0. The topological polar surface area (TPSA) is 57.9 Å². The van der Waals surface area contributed by atoms with Gasteiger partial charge in [0, 0.05) is 0 Å². The lowest BCUT2D eigenvalue weighted by atomic mass is 12.0. The van der Waals surface area contributed by atoms with Gasteiger partial charge in [0.05, 0.1) is 6.26 Å². The second-order valence-electron chi connectivity index (χ2n) is 0.772. The molecule has 0 amide bonds. The average molecular weight is 94.1 g/mol. The maximum atomic E-state index is 9.30. The highest BCUT2D eigenvalue weighted by atomic mass is 32.2. The van der Waals surface area contributed by atoms with Gasteiger partial charge in [0.2, 0.25) is 10.0 Å². The molecule has 5 heavy (non-hydrogen) atoms. The first kappa shape index (κ1) is 4.91. The molecule has 0 heterocycles. The molecule has 0 spiro atoms. The minimum Gasteiger partial charge on any atom is -0.211 e. The molecular weight excluding hydrogens is 90.1 g/mol. The standard InChI is InChI=1S/CH4NO2S/c1-5(2,3)4/h2H,1H3. The van der Waals surface area contributed by atoms with Gasteiger partial charge in [0.15, 0.2) is 0 Å². The summed E-state index contributed by atoms with van der Waals surface area (Å²) in [5, 5.41) is 5.91. The van der Waals surface area contributed by atoms with E-state index >= 15 is 0 Å². The van der Waals surface area contributed by atoms with E-state index in [1.54, 1.807) is 0 Å². The van der Waals surface area contributed by atoms with Crippen LogP contribution in [-0.4, -0.2) is 14.7 Å². The van der Waals surface area contributed by atoms with Crippen molar-refractivity contribution >= 4 is 10.0 Å². The van der Waals surface area contributed by atoms with Crippen LogP contribution < -0.4 is 5.14 Å². The van der Waals surface area contributed by atoms with E-state index in [4.69, 9.17) is 5.14 Å². The van der Waals surface area contributed by atoms with Gasteiger partial charge in [0.1, 0.15) is 0 Å². The van der Waals surface area contributed by atoms with Gasteiger partial charge in [-0.05, 0) is 0 Å². The summed E-state index contributed by atoms with van der Waals surface area (Å²) < 4.78 is 18.6. The van der Waals surface area contributed by atoms with E-state index in [2.05, 4.69) is 0 Å². The fraction of sp³-hybridized carbons (Fsp3) is 1.00. The number of rotatable bonds is 0. The Balaban J connectivity index is 4.06. The fourth-order valence-corrected chi connectivity index (χ4v) is 0. The highest BCUT2D eigenvalue weighted by Crippen LogP contribution is 1.57. The minimum absolute atomic E-state index is 0.826. The molecule has 0 unspecified atom stereocenters. The molecule has 0 bridgehead atoms. The molecule has 0 atom stereocenters. The maximum absolute atomic E-state index is 9.30. The lowest BCUT2D eigenvalue weighted by Crippen LogP contribution is -1.91. The monoisotopic (exact) mass is 94.0 g/mol. The van der Waals surface area contributed by atoms with Crippen LogP contribution >= 0.6 is 0 Å². The van der Waals surface area contributed by atoms with Gasteiger partial charge in [-0.1, -0.05) is 0 Å². The summed E-state index contributed by atoms with van der Waals surface area (Å²) in [4.78, 5) is 0. The van der Waals surface area contributed by atoms with Crippen LogP contribution in [0.15, 0.2) is 0 Å². The van der Waals surface area contributed by atoms with Crippen molar-refractivity contribution in [1.29, 1.82) is 0 Å². The Hall–Kier alpha value is -0.0900. The summed E-state index contributed by atoms with van der Waals surface area (Å²) in [5.41, 5.74) is 0. The van der Waals surface area contributed by atoms with Crippen LogP contribution in [0.3, 0.4) is 0 Å². The van der Waals surface area contributed by atoms with E-state index in [9.17, 15) is 8.42 Å². The molecule has 0 rings (SSSR count). The molecule has 0 saturated carbocycles. The summed E-state index contributed by atoms with van der Waals surface area (Å²) in [6, 6.07) is 0. The molecule has 0 aromatic rings. The highest BCUT2D eigenvalue weighted by Gasteiger charge is 1.81. The Bertz CT molecular complexity index is 92.8. The van der Waals surface area contributed by atoms with Crippen molar-refractivity contribution in [2.45, 2.75) is 0 Å². The van der Waals surface area contributed by atoms with Crippen molar-refractivity contribution in [2.75, 3.05) is 6.26 Å². The Morgan fingerprint density at radius 1 is 1.60 bits per heavy atom. The molecule has 31 valence electrons. The van der Waals surface area contributed by atoms with Crippen LogP contribution in [0.1, 0.15) is 0 Å². The largest absolute Gasteiger partial charge is 0.222 e. The van der Waals surface area contributed by atoms with Gasteiger partial charge >= 0.3 is 0 Å². The van der Waals surface area contributed by atoms with E-state index < -0.39 is 10.0 Å². The van der Waals surface area contributed by atoms with Gasteiger partial charge in [-0.25, -0.2) is 8.42 Å². The van der Waals surface area contributed by atoms with Crippen LogP contribution in [-0.2, 0) is 10.0 Å². The van der Waals surface area contributed by atoms with Crippen molar-refractivity contribution < 1.29 is 8.42 Å². The molecule has 0 aliphatic carbocycles. The van der Waals surface area contributed by atoms with Crippen molar-refractivity contribution in [1.82, 2.24) is 5.14 Å².